The number of rotatable bonds is 46. The number of hydrogen-bond acceptors (Lipinski definition) is 10. The number of carboxylic acid groups (broad SMARTS) is 1. The lowest BCUT2D eigenvalue weighted by atomic mass is 10.0. The molecular weight excluding hydrogens is 797 g/mol. The number of ether oxygens (including phenoxy) is 2. The normalized spacial score (nSPS) is 13.7. The molecule has 1 unspecified atom stereocenters. The van der Waals surface area contributed by atoms with E-state index in [9.17, 15) is 28.6 Å². The van der Waals surface area contributed by atoms with Crippen LogP contribution in [0.5, 0.6) is 0 Å². The summed E-state index contributed by atoms with van der Waals surface area (Å²) in [5, 5.41) is 8.90. The highest BCUT2D eigenvalue weighted by Crippen LogP contribution is 2.43. The van der Waals surface area contributed by atoms with Crippen LogP contribution in [0.3, 0.4) is 0 Å². The molecule has 0 rings (SSSR count). The average molecular weight is 886 g/mol. The second-order valence-electron chi connectivity index (χ2n) is 16.6. The predicted molar refractivity (Wildman–Crippen MR) is 245 cm³/mol. The molecule has 4 N–H and O–H groups in total. The van der Waals surface area contributed by atoms with Crippen molar-refractivity contribution in [3.8, 4) is 0 Å². The van der Waals surface area contributed by atoms with Crippen molar-refractivity contribution in [3.63, 3.8) is 0 Å². The smallest absolute Gasteiger partial charge is 0.472 e. The number of allylic oxidation sites excluding steroid dienone is 4. The topological polar surface area (TPSA) is 189 Å². The summed E-state index contributed by atoms with van der Waals surface area (Å²) in [6.45, 7) is 2.64. The Morgan fingerprint density at radius 2 is 0.951 bits per heavy atom. The zero-order valence-electron chi connectivity index (χ0n) is 38.5. The minimum absolute atomic E-state index is 0.148. The quantitative estimate of drug-likeness (QED) is 0.0173. The number of phosphoric acid groups is 1. The summed E-state index contributed by atoms with van der Waals surface area (Å²) in [7, 11) is -4.73. The van der Waals surface area contributed by atoms with E-state index in [1.165, 1.54) is 109 Å². The number of nitrogens with two attached hydrogens (primary N) is 1. The van der Waals surface area contributed by atoms with Crippen LogP contribution in [0.25, 0.3) is 0 Å². The van der Waals surface area contributed by atoms with E-state index in [1.807, 2.05) is 6.08 Å². The molecule has 0 aromatic carbocycles. The van der Waals surface area contributed by atoms with Gasteiger partial charge < -0.3 is 25.2 Å². The van der Waals surface area contributed by atoms with E-state index in [1.54, 1.807) is 12.2 Å². The van der Waals surface area contributed by atoms with Gasteiger partial charge in [0, 0.05) is 19.3 Å². The molecule has 0 aliphatic rings. The molecule has 0 aliphatic heterocycles. The number of ketones is 1. The van der Waals surface area contributed by atoms with E-state index >= 15 is 0 Å². The minimum atomic E-state index is -4.73. The van der Waals surface area contributed by atoms with Crippen LogP contribution in [0.15, 0.2) is 24.3 Å². The molecule has 13 heteroatoms. The van der Waals surface area contributed by atoms with Crippen molar-refractivity contribution in [1.29, 1.82) is 0 Å². The molecule has 0 amide bonds. The van der Waals surface area contributed by atoms with Crippen molar-refractivity contribution in [2.75, 3.05) is 19.8 Å². The van der Waals surface area contributed by atoms with Crippen molar-refractivity contribution >= 4 is 31.5 Å². The maximum Gasteiger partial charge on any atom is 0.472 e. The highest BCUT2D eigenvalue weighted by molar-refractivity contribution is 7.47. The first-order valence-corrected chi connectivity index (χ1v) is 25.8. The monoisotopic (exact) mass is 886 g/mol. The van der Waals surface area contributed by atoms with E-state index in [0.717, 1.165) is 70.6 Å². The summed E-state index contributed by atoms with van der Waals surface area (Å²) in [5.74, 6) is -2.28. The lowest BCUT2D eigenvalue weighted by Crippen LogP contribution is -2.34. The molecule has 0 spiro atoms. The fourth-order valence-electron chi connectivity index (χ4n) is 6.81. The molecule has 0 aliphatic carbocycles. The van der Waals surface area contributed by atoms with E-state index in [4.69, 9.17) is 24.8 Å². The zero-order valence-corrected chi connectivity index (χ0v) is 39.4. The largest absolute Gasteiger partial charge is 0.480 e. The summed E-state index contributed by atoms with van der Waals surface area (Å²) in [5.41, 5.74) is 5.34. The first-order valence-electron chi connectivity index (χ1n) is 24.3. The van der Waals surface area contributed by atoms with Crippen LogP contribution in [0.4, 0.5) is 0 Å². The van der Waals surface area contributed by atoms with Gasteiger partial charge in [-0.05, 0) is 38.2 Å². The number of esters is 2. The van der Waals surface area contributed by atoms with Gasteiger partial charge in [-0.15, -0.1) is 0 Å². The molecule has 0 aromatic rings. The Kier molecular flexibility index (Phi) is 41.2. The molecule has 0 fully saturated rings. The summed E-state index contributed by atoms with van der Waals surface area (Å²) in [6, 6.07) is -1.53. The Bertz CT molecular complexity index is 1190. The Labute approximate surface area is 370 Å². The highest BCUT2D eigenvalue weighted by Gasteiger charge is 2.28. The van der Waals surface area contributed by atoms with Crippen LogP contribution in [0.1, 0.15) is 226 Å². The van der Waals surface area contributed by atoms with Gasteiger partial charge in [-0.3, -0.25) is 28.2 Å². The summed E-state index contributed by atoms with van der Waals surface area (Å²) < 4.78 is 32.7. The first-order chi connectivity index (χ1) is 29.5. The second-order valence-corrected chi connectivity index (χ2v) is 18.1. The van der Waals surface area contributed by atoms with Gasteiger partial charge in [0.2, 0.25) is 0 Å². The molecule has 356 valence electrons. The standard InChI is InChI=1S/C48H88NO11P/c1-3-5-7-8-9-10-11-12-13-14-15-16-17-18-19-20-21-24-28-31-35-39-47(52)60-44(41-58-61(55,56)59-42-45(49)48(53)54)40-57-46(51)38-34-30-27-25-22-23-26-29-33-37-43(50)36-32-6-4-2/h26,29,33,37,44-45H,3-25,27-28,30-32,34-36,38-42,49H2,1-2H3,(H,53,54)(H,55,56)/b29-26-,37-33+/t44-,45+/m1/s1. The van der Waals surface area contributed by atoms with Crippen LogP contribution in [-0.2, 0) is 42.3 Å². The number of carbonyl (C=O) groups excluding carboxylic acids is 3. The van der Waals surface area contributed by atoms with E-state index in [-0.39, 0.29) is 25.2 Å². The maximum atomic E-state index is 12.7. The van der Waals surface area contributed by atoms with Crippen molar-refractivity contribution in [2.45, 2.75) is 238 Å². The van der Waals surface area contributed by atoms with Crippen molar-refractivity contribution in [3.05, 3.63) is 24.3 Å². The molecule has 0 heterocycles. The number of aliphatic carboxylic acids is 1. The molecular formula is C48H88NO11P. The summed E-state index contributed by atoms with van der Waals surface area (Å²) >= 11 is 0. The van der Waals surface area contributed by atoms with E-state index < -0.39 is 51.1 Å². The Balaban J connectivity index is 4.29. The average Bonchev–Trinajstić information content (AvgIpc) is 3.23. The lowest BCUT2D eigenvalue weighted by molar-refractivity contribution is -0.161. The molecule has 0 radical (unpaired) electrons. The van der Waals surface area contributed by atoms with Gasteiger partial charge in [0.25, 0.3) is 0 Å². The molecule has 61 heavy (non-hydrogen) atoms. The summed E-state index contributed by atoms with van der Waals surface area (Å²) in [4.78, 5) is 57.8. The number of carboxylic acids is 1. The molecule has 12 nitrogen and oxygen atoms in total. The van der Waals surface area contributed by atoms with Crippen molar-refractivity contribution in [1.82, 2.24) is 0 Å². The number of unbranched alkanes of at least 4 members (excludes halogenated alkanes) is 27. The van der Waals surface area contributed by atoms with Crippen molar-refractivity contribution in [2.24, 2.45) is 5.73 Å². The van der Waals surface area contributed by atoms with Gasteiger partial charge in [0.1, 0.15) is 12.6 Å². The first kappa shape index (κ1) is 58.6. The van der Waals surface area contributed by atoms with Crippen LogP contribution in [0, 0.1) is 0 Å². The van der Waals surface area contributed by atoms with Gasteiger partial charge in [-0.25, -0.2) is 4.57 Å². The minimum Gasteiger partial charge on any atom is -0.480 e. The number of carbonyl (C=O) groups is 4. The van der Waals surface area contributed by atoms with Gasteiger partial charge >= 0.3 is 25.7 Å². The van der Waals surface area contributed by atoms with Gasteiger partial charge in [-0.1, -0.05) is 193 Å². The van der Waals surface area contributed by atoms with E-state index in [0.29, 0.717) is 19.3 Å². The van der Waals surface area contributed by atoms with Gasteiger partial charge in [-0.2, -0.15) is 0 Å². The van der Waals surface area contributed by atoms with Crippen LogP contribution in [-0.4, -0.2) is 65.7 Å². The number of phosphoric ester groups is 1. The fourth-order valence-corrected chi connectivity index (χ4v) is 7.59. The molecule has 0 bridgehead atoms. The molecule has 3 atom stereocenters. The van der Waals surface area contributed by atoms with Crippen LogP contribution < -0.4 is 5.73 Å². The fraction of sp³-hybridized carbons (Fsp3) is 0.833. The van der Waals surface area contributed by atoms with Gasteiger partial charge in [0.15, 0.2) is 11.9 Å². The van der Waals surface area contributed by atoms with Gasteiger partial charge in [0.05, 0.1) is 13.2 Å². The Morgan fingerprint density at radius 3 is 1.44 bits per heavy atom. The molecule has 0 saturated carbocycles. The number of hydrogen-bond donors (Lipinski definition) is 3. The SMILES string of the molecule is CCCCCCCCCCCCCCCCCCCCCCCC(=O)O[C@H](COC(=O)CCCCCCC/C=C\C=C\C(=O)CCCCC)COP(=O)(O)OC[C@H](N)C(=O)O. The van der Waals surface area contributed by atoms with E-state index in [2.05, 4.69) is 24.4 Å². The molecule has 0 saturated heterocycles. The highest BCUT2D eigenvalue weighted by atomic mass is 31.2. The van der Waals surface area contributed by atoms with Crippen molar-refractivity contribution < 1.29 is 52.3 Å². The zero-order chi connectivity index (χ0) is 45.1. The Morgan fingerprint density at radius 1 is 0.541 bits per heavy atom. The summed E-state index contributed by atoms with van der Waals surface area (Å²) in [6.07, 6.45) is 42.2. The predicted octanol–water partition coefficient (Wildman–Crippen LogP) is 12.6. The Hall–Kier alpha value is -2.37. The third-order valence-electron chi connectivity index (χ3n) is 10.7. The second kappa shape index (κ2) is 42.9. The van der Waals surface area contributed by atoms with Crippen LogP contribution in [0.2, 0.25) is 0 Å². The maximum absolute atomic E-state index is 12.7. The van der Waals surface area contributed by atoms with Crippen LogP contribution >= 0.6 is 7.82 Å². The lowest BCUT2D eigenvalue weighted by Gasteiger charge is -2.20. The molecule has 0 aromatic heterocycles. The third-order valence-corrected chi connectivity index (χ3v) is 11.6. The third kappa shape index (κ3) is 42.7.